The molecule has 0 aliphatic carbocycles. The molecule has 0 bridgehead atoms. The zero-order chi connectivity index (χ0) is 19.9. The van der Waals surface area contributed by atoms with E-state index < -0.39 is 0 Å². The van der Waals surface area contributed by atoms with Crippen molar-refractivity contribution in [1.29, 1.82) is 0 Å². The first-order valence-electron chi connectivity index (χ1n) is 9.70. The molecule has 3 N–H and O–H groups in total. The summed E-state index contributed by atoms with van der Waals surface area (Å²) in [6, 6.07) is 8.27. The summed E-state index contributed by atoms with van der Waals surface area (Å²) < 4.78 is 5.19. The van der Waals surface area contributed by atoms with Gasteiger partial charge in [-0.1, -0.05) is 18.1 Å². The molecule has 3 rings (SSSR count). The number of terminal acetylenes is 1. The predicted molar refractivity (Wildman–Crippen MR) is 107 cm³/mol. The number of nitrogens with one attached hydrogen (secondary N) is 3. The Bertz CT molecular complexity index is 728. The zero-order valence-electron chi connectivity index (χ0n) is 16.2. The lowest BCUT2D eigenvalue weighted by molar-refractivity contribution is -0.129. The van der Waals surface area contributed by atoms with E-state index in [1.807, 2.05) is 24.3 Å². The molecule has 2 aliphatic heterocycles. The van der Waals surface area contributed by atoms with Crippen molar-refractivity contribution in [3.05, 3.63) is 29.8 Å². The minimum atomic E-state index is -0.124. The van der Waals surface area contributed by atoms with Crippen molar-refractivity contribution in [2.75, 3.05) is 26.7 Å². The maximum Gasteiger partial charge on any atom is 0.237 e. The molecule has 3 atom stereocenters. The van der Waals surface area contributed by atoms with Gasteiger partial charge in [0, 0.05) is 38.1 Å². The van der Waals surface area contributed by atoms with Gasteiger partial charge in [0.2, 0.25) is 11.8 Å². The van der Waals surface area contributed by atoms with Crippen molar-refractivity contribution < 1.29 is 14.3 Å². The fourth-order valence-electron chi connectivity index (χ4n) is 3.93. The third kappa shape index (κ3) is 5.03. The van der Waals surface area contributed by atoms with Gasteiger partial charge in [-0.15, -0.1) is 6.42 Å². The highest BCUT2D eigenvalue weighted by atomic mass is 16.5. The maximum absolute atomic E-state index is 12.3. The van der Waals surface area contributed by atoms with Crippen LogP contribution in [0.3, 0.4) is 0 Å². The number of benzene rings is 1. The van der Waals surface area contributed by atoms with Crippen molar-refractivity contribution in [1.82, 2.24) is 20.9 Å². The van der Waals surface area contributed by atoms with Gasteiger partial charge in [-0.25, -0.2) is 0 Å². The van der Waals surface area contributed by atoms with E-state index in [0.717, 1.165) is 25.3 Å². The molecule has 2 fully saturated rings. The number of piperazine rings is 1. The second kappa shape index (κ2) is 9.58. The molecule has 7 heteroatoms. The van der Waals surface area contributed by atoms with E-state index in [-0.39, 0.29) is 36.5 Å². The molecular formula is C21H28N4O3. The molecule has 0 aromatic heterocycles. The molecule has 2 heterocycles. The van der Waals surface area contributed by atoms with Crippen molar-refractivity contribution in [3.63, 3.8) is 0 Å². The number of amides is 2. The Morgan fingerprint density at radius 2 is 2.18 bits per heavy atom. The SMILES string of the molecule is C#CCNC(=O)CC[C@@H]1CNC(=O)[C@H]2C[C@@H](NCc3ccc(OC)cc3)CN12. The van der Waals surface area contributed by atoms with Gasteiger partial charge < -0.3 is 20.7 Å². The minimum absolute atomic E-state index is 0.0419. The molecule has 0 saturated carbocycles. The summed E-state index contributed by atoms with van der Waals surface area (Å²) in [5, 5.41) is 9.25. The number of hydrogen-bond donors (Lipinski definition) is 3. The molecule has 2 aliphatic rings. The molecule has 0 unspecified atom stereocenters. The van der Waals surface area contributed by atoms with Crippen LogP contribution in [0.4, 0.5) is 0 Å². The van der Waals surface area contributed by atoms with Gasteiger partial charge in [0.1, 0.15) is 5.75 Å². The van der Waals surface area contributed by atoms with Crippen LogP contribution in [-0.2, 0) is 16.1 Å². The highest BCUT2D eigenvalue weighted by Crippen LogP contribution is 2.26. The lowest BCUT2D eigenvalue weighted by Crippen LogP contribution is -2.58. The summed E-state index contributed by atoms with van der Waals surface area (Å²) in [7, 11) is 1.65. The average molecular weight is 384 g/mol. The molecule has 0 spiro atoms. The first-order chi connectivity index (χ1) is 13.6. The Hall–Kier alpha value is -2.56. The molecular weight excluding hydrogens is 356 g/mol. The number of carbonyl (C=O) groups is 2. The minimum Gasteiger partial charge on any atom is -0.497 e. The van der Waals surface area contributed by atoms with Crippen LogP contribution in [0.25, 0.3) is 0 Å². The molecule has 1 aromatic carbocycles. The van der Waals surface area contributed by atoms with Gasteiger partial charge in [0.05, 0.1) is 19.7 Å². The van der Waals surface area contributed by atoms with Crippen LogP contribution in [0.1, 0.15) is 24.8 Å². The monoisotopic (exact) mass is 384 g/mol. The van der Waals surface area contributed by atoms with Gasteiger partial charge in [0.15, 0.2) is 0 Å². The van der Waals surface area contributed by atoms with Gasteiger partial charge in [-0.3, -0.25) is 14.5 Å². The van der Waals surface area contributed by atoms with Crippen LogP contribution < -0.4 is 20.7 Å². The molecule has 150 valence electrons. The maximum atomic E-state index is 12.3. The molecule has 2 saturated heterocycles. The molecule has 28 heavy (non-hydrogen) atoms. The van der Waals surface area contributed by atoms with E-state index in [2.05, 4.69) is 26.8 Å². The Labute approximate surface area is 166 Å². The number of ether oxygens (including phenoxy) is 1. The number of hydrogen-bond acceptors (Lipinski definition) is 5. The molecule has 0 radical (unpaired) electrons. The molecule has 1 aromatic rings. The average Bonchev–Trinajstić information content (AvgIpc) is 3.16. The van der Waals surface area contributed by atoms with Gasteiger partial charge >= 0.3 is 0 Å². The fourth-order valence-corrected chi connectivity index (χ4v) is 3.93. The largest absolute Gasteiger partial charge is 0.497 e. The summed E-state index contributed by atoms with van der Waals surface area (Å²) in [5.41, 5.74) is 1.18. The predicted octanol–water partition coefficient (Wildman–Crippen LogP) is 0.256. The Morgan fingerprint density at radius 1 is 1.39 bits per heavy atom. The first-order valence-corrected chi connectivity index (χ1v) is 9.70. The summed E-state index contributed by atoms with van der Waals surface area (Å²) in [4.78, 5) is 26.4. The summed E-state index contributed by atoms with van der Waals surface area (Å²) in [6.45, 7) is 2.40. The lowest BCUT2D eigenvalue weighted by Gasteiger charge is -2.37. The zero-order valence-corrected chi connectivity index (χ0v) is 16.2. The van der Waals surface area contributed by atoms with E-state index >= 15 is 0 Å². The van der Waals surface area contributed by atoms with Crippen LogP contribution in [0, 0.1) is 12.3 Å². The Balaban J connectivity index is 1.51. The first kappa shape index (κ1) is 20.2. The lowest BCUT2D eigenvalue weighted by atomic mass is 10.0. The van der Waals surface area contributed by atoms with Gasteiger partial charge in [-0.2, -0.15) is 0 Å². The number of fused-ring (bicyclic) bond motifs is 1. The normalized spacial score (nSPS) is 24.1. The summed E-state index contributed by atoms with van der Waals surface area (Å²) >= 11 is 0. The Morgan fingerprint density at radius 3 is 2.89 bits per heavy atom. The number of rotatable bonds is 8. The van der Waals surface area contributed by atoms with Crippen LogP contribution in [-0.4, -0.2) is 61.6 Å². The van der Waals surface area contributed by atoms with Crippen LogP contribution >= 0.6 is 0 Å². The van der Waals surface area contributed by atoms with Gasteiger partial charge in [-0.05, 0) is 30.5 Å². The fraction of sp³-hybridized carbons (Fsp3) is 0.524. The van der Waals surface area contributed by atoms with Crippen molar-refractivity contribution in [2.45, 2.75) is 43.9 Å². The second-order valence-electron chi connectivity index (χ2n) is 7.29. The van der Waals surface area contributed by atoms with E-state index in [4.69, 9.17) is 11.2 Å². The van der Waals surface area contributed by atoms with Crippen molar-refractivity contribution in [2.24, 2.45) is 0 Å². The van der Waals surface area contributed by atoms with Crippen LogP contribution in [0.2, 0.25) is 0 Å². The van der Waals surface area contributed by atoms with Crippen LogP contribution in [0.15, 0.2) is 24.3 Å². The summed E-state index contributed by atoms with van der Waals surface area (Å²) in [5.74, 6) is 3.29. The standard InChI is InChI=1S/C21H28N4O3/c1-3-10-22-20(26)9-6-17-13-24-21(27)19-11-16(14-25(17)19)23-12-15-4-7-18(28-2)8-5-15/h1,4-5,7-8,16-17,19,23H,6,9-14H2,2H3,(H,22,26)(H,24,27)/t16-,17-,19-/m1/s1. The molecule has 7 nitrogen and oxygen atoms in total. The third-order valence-corrected chi connectivity index (χ3v) is 5.47. The topological polar surface area (TPSA) is 82.7 Å². The quantitative estimate of drug-likeness (QED) is 0.560. The highest BCUT2D eigenvalue weighted by molar-refractivity contribution is 5.83. The third-order valence-electron chi connectivity index (χ3n) is 5.47. The second-order valence-corrected chi connectivity index (χ2v) is 7.29. The number of methoxy groups -OCH3 is 1. The van der Waals surface area contributed by atoms with E-state index in [1.165, 1.54) is 5.56 Å². The smallest absolute Gasteiger partial charge is 0.237 e. The Kier molecular flexibility index (Phi) is 6.90. The van der Waals surface area contributed by atoms with Crippen LogP contribution in [0.5, 0.6) is 5.75 Å². The molecule has 2 amide bonds. The van der Waals surface area contributed by atoms with Crippen molar-refractivity contribution >= 4 is 11.8 Å². The highest BCUT2D eigenvalue weighted by Gasteiger charge is 2.43. The van der Waals surface area contributed by atoms with E-state index in [0.29, 0.717) is 19.4 Å². The number of nitrogens with zero attached hydrogens (tertiary/aromatic N) is 1. The summed E-state index contributed by atoms with van der Waals surface area (Å²) in [6.07, 6.45) is 7.07. The number of carbonyl (C=O) groups excluding carboxylic acids is 2. The van der Waals surface area contributed by atoms with Gasteiger partial charge in [0.25, 0.3) is 0 Å². The van der Waals surface area contributed by atoms with E-state index in [1.54, 1.807) is 7.11 Å². The van der Waals surface area contributed by atoms with E-state index in [9.17, 15) is 9.59 Å². The van der Waals surface area contributed by atoms with Crippen molar-refractivity contribution in [3.8, 4) is 18.1 Å².